The van der Waals surface area contributed by atoms with Crippen LogP contribution in [0.4, 0.5) is 0 Å². The lowest BCUT2D eigenvalue weighted by atomic mass is 10.1. The second kappa shape index (κ2) is 6.83. The Kier molecular flexibility index (Phi) is 5.11. The summed E-state index contributed by atoms with van der Waals surface area (Å²) in [5.41, 5.74) is 3.92. The van der Waals surface area contributed by atoms with Gasteiger partial charge >= 0.3 is 0 Å². The summed E-state index contributed by atoms with van der Waals surface area (Å²) in [6, 6.07) is 8.05. The predicted molar refractivity (Wildman–Crippen MR) is 78.0 cm³/mol. The second-order valence-electron chi connectivity index (χ2n) is 5.31. The number of amides is 1. The third-order valence-corrected chi connectivity index (χ3v) is 3.79. The van der Waals surface area contributed by atoms with Gasteiger partial charge in [-0.3, -0.25) is 15.1 Å². The van der Waals surface area contributed by atoms with E-state index in [-0.39, 0.29) is 12.0 Å². The zero-order chi connectivity index (χ0) is 14.5. The van der Waals surface area contributed by atoms with Gasteiger partial charge in [0.25, 0.3) is 5.91 Å². The molecule has 0 bridgehead atoms. The van der Waals surface area contributed by atoms with E-state index in [1.165, 1.54) is 5.56 Å². The summed E-state index contributed by atoms with van der Waals surface area (Å²) in [5, 5.41) is 0. The van der Waals surface area contributed by atoms with E-state index in [4.69, 9.17) is 10.6 Å². The molecule has 0 radical (unpaired) electrons. The van der Waals surface area contributed by atoms with Crippen molar-refractivity contribution < 1.29 is 9.53 Å². The molecule has 0 saturated carbocycles. The first kappa shape index (κ1) is 15.0. The maximum absolute atomic E-state index is 11.4. The molecule has 2 unspecified atom stereocenters. The summed E-state index contributed by atoms with van der Waals surface area (Å²) >= 11 is 0. The van der Waals surface area contributed by atoms with Gasteiger partial charge < -0.3 is 4.74 Å². The number of nitrogens with one attached hydrogen (secondary N) is 1. The molecule has 1 aliphatic rings. The molecule has 1 aromatic rings. The quantitative estimate of drug-likeness (QED) is 0.494. The molecule has 1 amide bonds. The minimum atomic E-state index is -0.261. The van der Waals surface area contributed by atoms with E-state index >= 15 is 0 Å². The van der Waals surface area contributed by atoms with Gasteiger partial charge in [0.2, 0.25) is 0 Å². The number of rotatable bonds is 4. The number of morpholine rings is 1. The van der Waals surface area contributed by atoms with E-state index in [9.17, 15) is 4.79 Å². The normalized spacial score (nSPS) is 23.6. The van der Waals surface area contributed by atoms with E-state index in [1.54, 1.807) is 0 Å². The number of benzene rings is 1. The zero-order valence-electron chi connectivity index (χ0n) is 12.1. The molecule has 1 saturated heterocycles. The smallest absolute Gasteiger partial charge is 0.265 e. The van der Waals surface area contributed by atoms with Crippen LogP contribution in [0.5, 0.6) is 0 Å². The van der Waals surface area contributed by atoms with Crippen molar-refractivity contribution in [1.82, 2.24) is 10.3 Å². The molecule has 2 rings (SSSR count). The van der Waals surface area contributed by atoms with Crippen LogP contribution in [0, 0.1) is 0 Å². The number of hydrogen-bond acceptors (Lipinski definition) is 4. The molecule has 0 aromatic heterocycles. The number of carbonyl (C=O) groups is 1. The summed E-state index contributed by atoms with van der Waals surface area (Å²) in [7, 11) is 0. The first-order chi connectivity index (χ1) is 9.63. The highest BCUT2D eigenvalue weighted by Gasteiger charge is 2.25. The van der Waals surface area contributed by atoms with Gasteiger partial charge in [0.15, 0.2) is 0 Å². The van der Waals surface area contributed by atoms with E-state index in [1.807, 2.05) is 24.3 Å². The maximum atomic E-state index is 11.4. The Morgan fingerprint density at radius 2 is 2.15 bits per heavy atom. The number of hydrogen-bond donors (Lipinski definition) is 2. The average molecular weight is 277 g/mol. The largest absolute Gasteiger partial charge is 0.376 e. The monoisotopic (exact) mass is 277 g/mol. The summed E-state index contributed by atoms with van der Waals surface area (Å²) in [6.45, 7) is 6.92. The fourth-order valence-corrected chi connectivity index (χ4v) is 2.56. The van der Waals surface area contributed by atoms with Gasteiger partial charge in [-0.25, -0.2) is 5.84 Å². The van der Waals surface area contributed by atoms with Crippen molar-refractivity contribution in [1.29, 1.82) is 0 Å². The van der Waals surface area contributed by atoms with Crippen LogP contribution in [0.1, 0.15) is 36.2 Å². The molecule has 3 N–H and O–H groups in total. The number of nitrogen functional groups attached to an aromatic ring is 1. The van der Waals surface area contributed by atoms with Crippen molar-refractivity contribution in [3.63, 3.8) is 0 Å². The third kappa shape index (κ3) is 3.56. The lowest BCUT2D eigenvalue weighted by Gasteiger charge is -2.38. The van der Waals surface area contributed by atoms with Gasteiger partial charge in [-0.05, 0) is 31.0 Å². The van der Waals surface area contributed by atoms with Crippen LogP contribution in [-0.4, -0.2) is 36.1 Å². The molecular weight excluding hydrogens is 254 g/mol. The molecule has 110 valence electrons. The Morgan fingerprint density at radius 1 is 1.45 bits per heavy atom. The van der Waals surface area contributed by atoms with Crippen molar-refractivity contribution in [3.05, 3.63) is 35.4 Å². The summed E-state index contributed by atoms with van der Waals surface area (Å²) in [4.78, 5) is 13.8. The average Bonchev–Trinajstić information content (AvgIpc) is 2.47. The lowest BCUT2D eigenvalue weighted by molar-refractivity contribution is -0.0592. The maximum Gasteiger partial charge on any atom is 0.265 e. The molecule has 1 aliphatic heterocycles. The predicted octanol–water partition coefficient (Wildman–Crippen LogP) is 1.29. The zero-order valence-corrected chi connectivity index (χ0v) is 12.1. The third-order valence-electron chi connectivity index (χ3n) is 3.79. The molecule has 1 aromatic carbocycles. The highest BCUT2D eigenvalue weighted by atomic mass is 16.5. The van der Waals surface area contributed by atoms with Crippen LogP contribution >= 0.6 is 0 Å². The van der Waals surface area contributed by atoms with E-state index in [2.05, 4.69) is 24.2 Å². The number of carbonyl (C=O) groups excluding carboxylic acids is 1. The molecule has 1 fully saturated rings. The lowest BCUT2D eigenvalue weighted by Crippen LogP contribution is -2.47. The van der Waals surface area contributed by atoms with E-state index in [0.717, 1.165) is 26.1 Å². The first-order valence-corrected chi connectivity index (χ1v) is 7.09. The molecule has 0 spiro atoms. The Bertz CT molecular complexity index is 447. The van der Waals surface area contributed by atoms with Crippen LogP contribution in [0.25, 0.3) is 0 Å². The fourth-order valence-electron chi connectivity index (χ4n) is 2.56. The van der Waals surface area contributed by atoms with Gasteiger partial charge in [-0.2, -0.15) is 0 Å². The minimum absolute atomic E-state index is 0.261. The van der Waals surface area contributed by atoms with Crippen LogP contribution in [0.2, 0.25) is 0 Å². The van der Waals surface area contributed by atoms with Gasteiger partial charge in [0.05, 0.1) is 12.7 Å². The molecular formula is C15H23N3O2. The minimum Gasteiger partial charge on any atom is -0.376 e. The van der Waals surface area contributed by atoms with Crippen molar-refractivity contribution in [2.45, 2.75) is 39.0 Å². The molecule has 0 aliphatic carbocycles. The van der Waals surface area contributed by atoms with Crippen molar-refractivity contribution in [3.8, 4) is 0 Å². The molecule has 1 heterocycles. The Balaban J connectivity index is 2.02. The summed E-state index contributed by atoms with van der Waals surface area (Å²) in [5.74, 6) is 4.86. The summed E-state index contributed by atoms with van der Waals surface area (Å²) in [6.07, 6.45) is 1.36. The van der Waals surface area contributed by atoms with Gasteiger partial charge in [-0.1, -0.05) is 19.1 Å². The number of ether oxygens (including phenoxy) is 1. The van der Waals surface area contributed by atoms with Crippen molar-refractivity contribution >= 4 is 5.91 Å². The van der Waals surface area contributed by atoms with Crippen LogP contribution in [0.15, 0.2) is 24.3 Å². The van der Waals surface area contributed by atoms with E-state index < -0.39 is 0 Å². The van der Waals surface area contributed by atoms with E-state index in [0.29, 0.717) is 11.6 Å². The van der Waals surface area contributed by atoms with Crippen molar-refractivity contribution in [2.24, 2.45) is 5.84 Å². The molecule has 2 atom stereocenters. The Labute approximate surface area is 120 Å². The Morgan fingerprint density at radius 3 is 2.75 bits per heavy atom. The highest BCUT2D eigenvalue weighted by Crippen LogP contribution is 2.18. The Hall–Kier alpha value is -1.43. The van der Waals surface area contributed by atoms with Gasteiger partial charge in [0, 0.05) is 24.7 Å². The first-order valence-electron chi connectivity index (χ1n) is 7.09. The number of hydrazine groups is 1. The number of nitrogens with zero attached hydrogens (tertiary/aromatic N) is 1. The fraction of sp³-hybridized carbons (Fsp3) is 0.533. The van der Waals surface area contributed by atoms with Crippen LogP contribution < -0.4 is 11.3 Å². The molecule has 5 nitrogen and oxygen atoms in total. The van der Waals surface area contributed by atoms with Gasteiger partial charge in [0.1, 0.15) is 0 Å². The highest BCUT2D eigenvalue weighted by molar-refractivity contribution is 5.93. The molecule has 5 heteroatoms. The topological polar surface area (TPSA) is 67.6 Å². The van der Waals surface area contributed by atoms with Crippen molar-refractivity contribution in [2.75, 3.05) is 13.2 Å². The van der Waals surface area contributed by atoms with Crippen LogP contribution in [0.3, 0.4) is 0 Å². The van der Waals surface area contributed by atoms with Gasteiger partial charge in [-0.15, -0.1) is 0 Å². The summed E-state index contributed by atoms with van der Waals surface area (Å²) < 4.78 is 5.71. The van der Waals surface area contributed by atoms with Crippen LogP contribution in [-0.2, 0) is 11.3 Å². The molecule has 20 heavy (non-hydrogen) atoms. The SMILES string of the molecule is CCC1COC(C)CN1Cc1ccc(C(=O)NN)cc1. The second-order valence-corrected chi connectivity index (χ2v) is 5.31. The number of nitrogens with two attached hydrogens (primary N) is 1. The standard InChI is InChI=1S/C15H23N3O2/c1-3-14-10-20-11(2)8-18(14)9-12-4-6-13(7-5-12)15(19)17-16/h4-7,11,14H,3,8-10,16H2,1-2H3,(H,17,19).